The Labute approximate surface area is 135 Å². The standard InChI is InChI=1S/C17H21FN4O/c1-2-22-7-6-16(19-22)17(23)21-10-8-20(9-11-21)13-14-4-3-5-15(18)12-14/h3-7,12H,2,8-11,13H2,1H3. The Morgan fingerprint density at radius 3 is 2.65 bits per heavy atom. The normalized spacial score (nSPS) is 15.8. The molecule has 1 fully saturated rings. The van der Waals surface area contributed by atoms with E-state index in [1.807, 2.05) is 24.1 Å². The molecule has 3 rings (SSSR count). The highest BCUT2D eigenvalue weighted by Gasteiger charge is 2.23. The summed E-state index contributed by atoms with van der Waals surface area (Å²) in [6.07, 6.45) is 1.83. The Balaban J connectivity index is 1.54. The molecule has 0 bridgehead atoms. The van der Waals surface area contributed by atoms with Crippen LogP contribution in [-0.4, -0.2) is 51.7 Å². The van der Waals surface area contributed by atoms with Gasteiger partial charge in [-0.3, -0.25) is 14.4 Å². The van der Waals surface area contributed by atoms with Crippen molar-refractivity contribution < 1.29 is 9.18 Å². The third-order valence-corrected chi connectivity index (χ3v) is 4.14. The van der Waals surface area contributed by atoms with E-state index >= 15 is 0 Å². The number of hydrogen-bond donors (Lipinski definition) is 0. The van der Waals surface area contributed by atoms with Crippen LogP contribution in [-0.2, 0) is 13.1 Å². The van der Waals surface area contributed by atoms with E-state index in [9.17, 15) is 9.18 Å². The van der Waals surface area contributed by atoms with Crippen LogP contribution in [0.4, 0.5) is 4.39 Å². The van der Waals surface area contributed by atoms with Crippen LogP contribution in [0, 0.1) is 5.82 Å². The average Bonchev–Trinajstić information content (AvgIpc) is 3.04. The molecule has 0 atom stereocenters. The lowest BCUT2D eigenvalue weighted by atomic mass is 10.2. The van der Waals surface area contributed by atoms with Crippen LogP contribution in [0.3, 0.4) is 0 Å². The minimum atomic E-state index is -0.206. The number of rotatable bonds is 4. The summed E-state index contributed by atoms with van der Waals surface area (Å²) in [6.45, 7) is 6.39. The van der Waals surface area contributed by atoms with Gasteiger partial charge in [0.1, 0.15) is 11.5 Å². The zero-order valence-corrected chi connectivity index (χ0v) is 13.3. The first-order valence-corrected chi connectivity index (χ1v) is 7.95. The van der Waals surface area contributed by atoms with Gasteiger partial charge in [-0.25, -0.2) is 4.39 Å². The fraction of sp³-hybridized carbons (Fsp3) is 0.412. The second-order valence-electron chi connectivity index (χ2n) is 5.75. The molecule has 1 aliphatic rings. The van der Waals surface area contributed by atoms with Gasteiger partial charge in [0, 0.05) is 45.5 Å². The first kappa shape index (κ1) is 15.7. The van der Waals surface area contributed by atoms with Crippen molar-refractivity contribution in [2.45, 2.75) is 20.0 Å². The molecule has 0 spiro atoms. The molecule has 1 saturated heterocycles. The summed E-state index contributed by atoms with van der Waals surface area (Å²) in [4.78, 5) is 16.5. The van der Waals surface area contributed by atoms with Crippen molar-refractivity contribution in [2.75, 3.05) is 26.2 Å². The van der Waals surface area contributed by atoms with Crippen molar-refractivity contribution in [3.63, 3.8) is 0 Å². The highest BCUT2D eigenvalue weighted by molar-refractivity contribution is 5.92. The number of carbonyl (C=O) groups is 1. The van der Waals surface area contributed by atoms with Gasteiger partial charge in [0.25, 0.3) is 5.91 Å². The van der Waals surface area contributed by atoms with Crippen molar-refractivity contribution >= 4 is 5.91 Å². The zero-order valence-electron chi connectivity index (χ0n) is 13.3. The van der Waals surface area contributed by atoms with Gasteiger partial charge >= 0.3 is 0 Å². The highest BCUT2D eigenvalue weighted by atomic mass is 19.1. The van der Waals surface area contributed by atoms with Gasteiger partial charge in [-0.1, -0.05) is 12.1 Å². The summed E-state index contributed by atoms with van der Waals surface area (Å²) in [7, 11) is 0. The molecular weight excluding hydrogens is 295 g/mol. The molecular formula is C17H21FN4O. The van der Waals surface area contributed by atoms with Gasteiger partial charge in [-0.2, -0.15) is 5.10 Å². The van der Waals surface area contributed by atoms with E-state index in [1.54, 1.807) is 22.9 Å². The van der Waals surface area contributed by atoms with Crippen LogP contribution >= 0.6 is 0 Å². The summed E-state index contributed by atoms with van der Waals surface area (Å²) < 4.78 is 15.0. The summed E-state index contributed by atoms with van der Waals surface area (Å²) in [6, 6.07) is 8.45. The minimum absolute atomic E-state index is 0.0115. The lowest BCUT2D eigenvalue weighted by Gasteiger charge is -2.34. The largest absolute Gasteiger partial charge is 0.335 e. The van der Waals surface area contributed by atoms with Crippen LogP contribution in [0.1, 0.15) is 23.0 Å². The average molecular weight is 316 g/mol. The van der Waals surface area contributed by atoms with Crippen LogP contribution in [0.25, 0.3) is 0 Å². The first-order valence-electron chi connectivity index (χ1n) is 7.95. The number of piperazine rings is 1. The quantitative estimate of drug-likeness (QED) is 0.866. The Morgan fingerprint density at radius 1 is 1.22 bits per heavy atom. The fourth-order valence-electron chi connectivity index (χ4n) is 2.82. The van der Waals surface area contributed by atoms with Crippen molar-refractivity contribution in [2.24, 2.45) is 0 Å². The molecule has 2 heterocycles. The molecule has 122 valence electrons. The number of aryl methyl sites for hydroxylation is 1. The van der Waals surface area contributed by atoms with Gasteiger partial charge in [0.05, 0.1) is 0 Å². The Bertz CT molecular complexity index is 677. The molecule has 2 aromatic rings. The number of nitrogens with zero attached hydrogens (tertiary/aromatic N) is 4. The molecule has 1 aliphatic heterocycles. The molecule has 0 saturated carbocycles. The lowest BCUT2D eigenvalue weighted by molar-refractivity contribution is 0.0622. The SMILES string of the molecule is CCn1ccc(C(=O)N2CCN(Cc3cccc(F)c3)CC2)n1. The molecule has 6 heteroatoms. The van der Waals surface area contributed by atoms with Crippen LogP contribution in [0.2, 0.25) is 0 Å². The highest BCUT2D eigenvalue weighted by Crippen LogP contribution is 2.12. The van der Waals surface area contributed by atoms with E-state index in [1.165, 1.54) is 6.07 Å². The Hall–Kier alpha value is -2.21. The van der Waals surface area contributed by atoms with Crippen LogP contribution in [0.15, 0.2) is 36.5 Å². The number of halogens is 1. The maximum atomic E-state index is 13.2. The third-order valence-electron chi connectivity index (χ3n) is 4.14. The lowest BCUT2D eigenvalue weighted by Crippen LogP contribution is -2.48. The summed E-state index contributed by atoms with van der Waals surface area (Å²) in [5.74, 6) is -0.217. The van der Waals surface area contributed by atoms with Crippen LogP contribution < -0.4 is 0 Å². The Kier molecular flexibility index (Phi) is 4.71. The molecule has 23 heavy (non-hydrogen) atoms. The molecule has 1 aromatic heterocycles. The van der Waals surface area contributed by atoms with Gasteiger partial charge < -0.3 is 4.90 Å². The predicted molar refractivity (Wildman–Crippen MR) is 85.5 cm³/mol. The minimum Gasteiger partial charge on any atom is -0.335 e. The number of benzene rings is 1. The second kappa shape index (κ2) is 6.91. The molecule has 0 aliphatic carbocycles. The second-order valence-corrected chi connectivity index (χ2v) is 5.75. The molecule has 0 N–H and O–H groups in total. The number of hydrogen-bond acceptors (Lipinski definition) is 3. The number of carbonyl (C=O) groups excluding carboxylic acids is 1. The molecule has 5 nitrogen and oxygen atoms in total. The fourth-order valence-corrected chi connectivity index (χ4v) is 2.82. The summed E-state index contributed by atoms with van der Waals surface area (Å²) in [5.41, 5.74) is 1.47. The Morgan fingerprint density at radius 2 is 2.00 bits per heavy atom. The number of amides is 1. The van der Waals surface area contributed by atoms with E-state index in [0.29, 0.717) is 25.3 Å². The van der Waals surface area contributed by atoms with Crippen molar-refractivity contribution in [3.05, 3.63) is 53.6 Å². The van der Waals surface area contributed by atoms with Gasteiger partial charge in [-0.05, 0) is 30.7 Å². The maximum Gasteiger partial charge on any atom is 0.274 e. The van der Waals surface area contributed by atoms with E-state index in [0.717, 1.165) is 25.2 Å². The zero-order chi connectivity index (χ0) is 16.2. The van der Waals surface area contributed by atoms with Crippen molar-refractivity contribution in [1.82, 2.24) is 19.6 Å². The van der Waals surface area contributed by atoms with Crippen molar-refractivity contribution in [3.8, 4) is 0 Å². The summed E-state index contributed by atoms with van der Waals surface area (Å²) >= 11 is 0. The van der Waals surface area contributed by atoms with Gasteiger partial charge in [-0.15, -0.1) is 0 Å². The van der Waals surface area contributed by atoms with E-state index in [-0.39, 0.29) is 11.7 Å². The first-order chi connectivity index (χ1) is 11.2. The van der Waals surface area contributed by atoms with E-state index < -0.39 is 0 Å². The molecule has 0 unspecified atom stereocenters. The smallest absolute Gasteiger partial charge is 0.274 e. The van der Waals surface area contributed by atoms with Crippen LogP contribution in [0.5, 0.6) is 0 Å². The van der Waals surface area contributed by atoms with Gasteiger partial charge in [0.15, 0.2) is 0 Å². The van der Waals surface area contributed by atoms with Crippen molar-refractivity contribution in [1.29, 1.82) is 0 Å². The molecule has 1 aromatic carbocycles. The summed E-state index contributed by atoms with van der Waals surface area (Å²) in [5, 5.41) is 4.27. The van der Waals surface area contributed by atoms with E-state index in [4.69, 9.17) is 0 Å². The molecule has 0 radical (unpaired) electrons. The van der Waals surface area contributed by atoms with Gasteiger partial charge in [0.2, 0.25) is 0 Å². The topological polar surface area (TPSA) is 41.4 Å². The monoisotopic (exact) mass is 316 g/mol. The number of aromatic nitrogens is 2. The maximum absolute atomic E-state index is 13.2. The molecule has 1 amide bonds. The third kappa shape index (κ3) is 3.76. The predicted octanol–water partition coefficient (Wildman–Crippen LogP) is 2.00. The van der Waals surface area contributed by atoms with E-state index in [2.05, 4.69) is 10.00 Å².